The average Bonchev–Trinajstić information content (AvgIpc) is 3.47. The summed E-state index contributed by atoms with van der Waals surface area (Å²) in [5.41, 5.74) is 1.58. The van der Waals surface area contributed by atoms with E-state index in [1.54, 1.807) is 29.3 Å². The summed E-state index contributed by atoms with van der Waals surface area (Å²) in [6.07, 6.45) is 5.83. The third kappa shape index (κ3) is 4.75. The average molecular weight is 641 g/mol. The molecule has 2 saturated heterocycles. The van der Waals surface area contributed by atoms with Crippen LogP contribution < -0.4 is 4.90 Å². The van der Waals surface area contributed by atoms with E-state index in [4.69, 9.17) is 21.7 Å². The van der Waals surface area contributed by atoms with Crippen molar-refractivity contribution >= 4 is 56.0 Å². The lowest BCUT2D eigenvalue weighted by atomic mass is 9.94. The van der Waals surface area contributed by atoms with E-state index >= 15 is 4.39 Å². The first-order valence-electron chi connectivity index (χ1n) is 15.2. The van der Waals surface area contributed by atoms with E-state index in [1.807, 2.05) is 18.8 Å². The predicted octanol–water partition coefficient (Wildman–Crippen LogP) is 6.11. The van der Waals surface area contributed by atoms with Crippen molar-refractivity contribution in [2.24, 2.45) is 0 Å². The van der Waals surface area contributed by atoms with Gasteiger partial charge in [0.2, 0.25) is 5.91 Å². The van der Waals surface area contributed by atoms with Crippen molar-refractivity contribution in [2.45, 2.75) is 37.4 Å². The van der Waals surface area contributed by atoms with Crippen LogP contribution >= 0.6 is 11.6 Å². The number of hydrogen-bond donors (Lipinski definition) is 0. The second-order valence-corrected chi connectivity index (χ2v) is 12.6. The Balaban J connectivity index is 1.43. The minimum atomic E-state index is -0.629. The van der Waals surface area contributed by atoms with Crippen molar-refractivity contribution < 1.29 is 13.6 Å². The fourth-order valence-corrected chi connectivity index (χ4v) is 7.17. The molecule has 5 heterocycles. The fraction of sp³-hybridized carbons (Fsp3) is 0.324. The third-order valence-corrected chi connectivity index (χ3v) is 9.70. The molecule has 7 rings (SSSR count). The number of hydrogen-bond acceptors (Lipinski definition) is 7. The number of nitrogens with zero attached hydrogens (tertiary/aromatic N) is 8. The monoisotopic (exact) mass is 640 g/mol. The number of likely N-dealkylation sites (N-methyl/N-ethyl adjacent to an activating group) is 1. The van der Waals surface area contributed by atoms with E-state index < -0.39 is 11.6 Å². The molecule has 0 spiro atoms. The molecule has 0 bridgehead atoms. The highest BCUT2D eigenvalue weighted by atomic mass is 35.5. The Morgan fingerprint density at radius 1 is 1.20 bits per heavy atom. The van der Waals surface area contributed by atoms with Crippen molar-refractivity contribution in [3.8, 4) is 17.2 Å². The van der Waals surface area contributed by atoms with Crippen LogP contribution in [0.2, 0.25) is 5.02 Å². The molecule has 0 N–H and O–H groups in total. The topological polar surface area (TPSA) is 94.2 Å². The van der Waals surface area contributed by atoms with Gasteiger partial charge in [0, 0.05) is 59.8 Å². The Labute approximate surface area is 269 Å². The number of likely N-dealkylation sites (tertiary alicyclic amines) is 1. The number of benzene rings is 2. The molecule has 234 valence electrons. The second-order valence-electron chi connectivity index (χ2n) is 12.2. The van der Waals surface area contributed by atoms with E-state index in [0.717, 1.165) is 5.39 Å². The van der Waals surface area contributed by atoms with E-state index in [-0.39, 0.29) is 45.9 Å². The smallest absolute Gasteiger partial charge is 0.246 e. The van der Waals surface area contributed by atoms with Gasteiger partial charge in [-0.2, -0.15) is 10.4 Å². The number of amides is 1. The highest BCUT2D eigenvalue weighted by molar-refractivity contribution is 6.35. The highest BCUT2D eigenvalue weighted by Crippen LogP contribution is 2.44. The summed E-state index contributed by atoms with van der Waals surface area (Å²) in [5, 5.41) is 16.0. The van der Waals surface area contributed by atoms with Crippen LogP contribution in [-0.2, 0) is 4.79 Å². The van der Waals surface area contributed by atoms with E-state index in [2.05, 4.69) is 27.4 Å². The zero-order valence-electron chi connectivity index (χ0n) is 25.4. The minimum absolute atomic E-state index is 0.0989. The number of rotatable bonds is 6. The van der Waals surface area contributed by atoms with Crippen LogP contribution in [0.25, 0.3) is 43.8 Å². The first kappa shape index (κ1) is 30.0. The van der Waals surface area contributed by atoms with Crippen LogP contribution in [0.5, 0.6) is 0 Å². The van der Waals surface area contributed by atoms with Gasteiger partial charge in [0.15, 0.2) is 5.82 Å². The van der Waals surface area contributed by atoms with Crippen molar-refractivity contribution in [2.75, 3.05) is 38.6 Å². The first-order chi connectivity index (χ1) is 22.2. The van der Waals surface area contributed by atoms with Gasteiger partial charge in [-0.15, -0.1) is 0 Å². The lowest BCUT2D eigenvalue weighted by Crippen LogP contribution is -2.57. The summed E-state index contributed by atoms with van der Waals surface area (Å²) in [6.45, 7) is 5.48. The zero-order valence-corrected chi connectivity index (χ0v) is 26.2. The molecule has 2 atom stereocenters. The molecule has 2 aliphatic rings. The van der Waals surface area contributed by atoms with Crippen LogP contribution in [-0.4, -0.2) is 81.3 Å². The molecule has 0 radical (unpaired) electrons. The van der Waals surface area contributed by atoms with Crippen LogP contribution in [0, 0.1) is 23.0 Å². The second kappa shape index (κ2) is 11.6. The summed E-state index contributed by atoms with van der Waals surface area (Å²) in [7, 11) is 4.05. The van der Waals surface area contributed by atoms with Crippen molar-refractivity contribution in [3.05, 3.63) is 72.0 Å². The molecule has 0 aliphatic carbocycles. The van der Waals surface area contributed by atoms with Crippen LogP contribution in [0.4, 0.5) is 14.6 Å². The summed E-state index contributed by atoms with van der Waals surface area (Å²) in [5.74, 6) is -0.679. The van der Waals surface area contributed by atoms with Gasteiger partial charge >= 0.3 is 0 Å². The van der Waals surface area contributed by atoms with Crippen molar-refractivity contribution in [1.82, 2.24) is 29.5 Å². The van der Waals surface area contributed by atoms with Gasteiger partial charge < -0.3 is 14.7 Å². The predicted molar refractivity (Wildman–Crippen MR) is 175 cm³/mol. The Bertz CT molecular complexity index is 2080. The quantitative estimate of drug-likeness (QED) is 0.207. The SMILES string of the molecule is C=CC(=O)N1CC[C@H](n2ncc3c(N4CC(N(C)C)C4)nc4c(F)c(-c5ccc(F)c6cccnc56)c(Cl)cc4c32)C[C@H]1CC#N. The molecule has 46 heavy (non-hydrogen) atoms. The van der Waals surface area contributed by atoms with Crippen LogP contribution in [0.15, 0.2) is 55.4 Å². The fourth-order valence-electron chi connectivity index (χ4n) is 6.88. The molecule has 2 aliphatic heterocycles. The molecule has 12 heteroatoms. The van der Waals surface area contributed by atoms with Crippen molar-refractivity contribution in [1.29, 1.82) is 5.26 Å². The molecule has 9 nitrogen and oxygen atoms in total. The maximum Gasteiger partial charge on any atom is 0.246 e. The number of piperidine rings is 1. The Hall–Kier alpha value is -4.66. The van der Waals surface area contributed by atoms with Gasteiger partial charge in [-0.3, -0.25) is 14.5 Å². The number of nitriles is 1. The number of pyridine rings is 2. The number of carbonyl (C=O) groups is 1. The summed E-state index contributed by atoms with van der Waals surface area (Å²) >= 11 is 6.89. The number of carbonyl (C=O) groups excluding carboxylic acids is 1. The largest absolute Gasteiger partial charge is 0.353 e. The molecule has 2 fully saturated rings. The summed E-state index contributed by atoms with van der Waals surface area (Å²) in [6, 6.07) is 9.77. The van der Waals surface area contributed by atoms with Crippen molar-refractivity contribution in [3.63, 3.8) is 0 Å². The molecular formula is C34H31ClF2N8O. The van der Waals surface area contributed by atoms with Gasteiger partial charge in [-0.05, 0) is 63.3 Å². The maximum atomic E-state index is 16.9. The maximum absolute atomic E-state index is 16.9. The van der Waals surface area contributed by atoms with Gasteiger partial charge in [0.05, 0.1) is 46.2 Å². The van der Waals surface area contributed by atoms with E-state index in [1.165, 1.54) is 24.4 Å². The molecule has 5 aromatic rings. The number of anilines is 1. The lowest BCUT2D eigenvalue weighted by Gasteiger charge is -2.43. The van der Waals surface area contributed by atoms with Gasteiger partial charge in [-0.25, -0.2) is 13.8 Å². The Morgan fingerprint density at radius 3 is 2.74 bits per heavy atom. The Kier molecular flexibility index (Phi) is 7.57. The molecular weight excluding hydrogens is 610 g/mol. The van der Waals surface area contributed by atoms with Gasteiger partial charge in [0.1, 0.15) is 17.2 Å². The van der Waals surface area contributed by atoms with E-state index in [0.29, 0.717) is 66.3 Å². The number of halogens is 3. The molecule has 0 saturated carbocycles. The molecule has 3 aromatic heterocycles. The van der Waals surface area contributed by atoms with Gasteiger partial charge in [0.25, 0.3) is 0 Å². The number of aromatic nitrogens is 4. The van der Waals surface area contributed by atoms with Crippen LogP contribution in [0.1, 0.15) is 25.3 Å². The molecule has 0 unspecified atom stereocenters. The first-order valence-corrected chi connectivity index (χ1v) is 15.5. The van der Waals surface area contributed by atoms with Crippen LogP contribution in [0.3, 0.4) is 0 Å². The molecule has 1 amide bonds. The number of fused-ring (bicyclic) bond motifs is 4. The normalized spacial score (nSPS) is 18.8. The summed E-state index contributed by atoms with van der Waals surface area (Å²) in [4.78, 5) is 27.8. The van der Waals surface area contributed by atoms with Gasteiger partial charge in [-0.1, -0.05) is 18.2 Å². The standard InChI is InChI=1S/C34H31ClF2N8O/c1-4-28(46)44-13-10-20(14-19(44)9-11-38)45-33-24-15-26(35)29(23-7-8-27(36)22-6-5-12-39-31(22)23)30(37)32(24)41-34(25(33)16-40-45)43-17-21(18-43)42(2)3/h4-8,12,15-16,19-21H,1,9-10,13-14,17-18H2,2-3H3/t19-,20+/m1/s1. The Morgan fingerprint density at radius 2 is 2.00 bits per heavy atom. The third-order valence-electron chi connectivity index (χ3n) is 9.40. The highest BCUT2D eigenvalue weighted by Gasteiger charge is 2.36. The van der Waals surface area contributed by atoms with E-state index in [9.17, 15) is 14.4 Å². The lowest BCUT2D eigenvalue weighted by molar-refractivity contribution is -0.130. The zero-order chi connectivity index (χ0) is 32.3. The summed E-state index contributed by atoms with van der Waals surface area (Å²) < 4.78 is 33.5. The molecule has 2 aromatic carbocycles. The minimum Gasteiger partial charge on any atom is -0.353 e.